The van der Waals surface area contributed by atoms with E-state index in [2.05, 4.69) is 26.6 Å². The second kappa shape index (κ2) is 7.64. The molecule has 0 aliphatic rings. The zero-order valence-corrected chi connectivity index (χ0v) is 14.0. The highest BCUT2D eigenvalue weighted by atomic mass is 79.9. The van der Waals surface area contributed by atoms with Crippen molar-refractivity contribution in [2.24, 2.45) is 5.92 Å². The Kier molecular flexibility index (Phi) is 6.49. The van der Waals surface area contributed by atoms with E-state index in [1.54, 1.807) is 25.1 Å². The van der Waals surface area contributed by atoms with Crippen LogP contribution in [0.2, 0.25) is 5.02 Å². The van der Waals surface area contributed by atoms with Crippen LogP contribution in [0.1, 0.15) is 31.1 Å². The minimum absolute atomic E-state index is 0.201. The van der Waals surface area contributed by atoms with Gasteiger partial charge in [0.25, 0.3) is 5.91 Å². The number of hydrogen-bond acceptors (Lipinski definition) is 2. The zero-order chi connectivity index (χ0) is 15.3. The molecule has 1 aromatic rings. The molecule has 1 aromatic carbocycles. The number of benzene rings is 1. The first-order valence-corrected chi connectivity index (χ1v) is 7.51. The summed E-state index contributed by atoms with van der Waals surface area (Å²) in [6.07, 6.45) is 0. The zero-order valence-electron chi connectivity index (χ0n) is 11.7. The summed E-state index contributed by atoms with van der Waals surface area (Å²) >= 11 is 9.16. The van der Waals surface area contributed by atoms with E-state index in [0.717, 1.165) is 0 Å². The van der Waals surface area contributed by atoms with E-state index < -0.39 is 6.04 Å². The van der Waals surface area contributed by atoms with Crippen LogP contribution in [0.25, 0.3) is 0 Å². The molecule has 0 saturated heterocycles. The van der Waals surface area contributed by atoms with Gasteiger partial charge in [-0.3, -0.25) is 9.59 Å². The first kappa shape index (κ1) is 17.0. The van der Waals surface area contributed by atoms with E-state index in [1.165, 1.54) is 0 Å². The third-order valence-electron chi connectivity index (χ3n) is 2.55. The fourth-order valence-corrected chi connectivity index (χ4v) is 2.35. The number of carbonyl (C=O) groups excluding carboxylic acids is 2. The molecule has 2 amide bonds. The molecule has 4 nitrogen and oxygen atoms in total. The topological polar surface area (TPSA) is 58.2 Å². The van der Waals surface area contributed by atoms with Gasteiger partial charge in [0.2, 0.25) is 5.91 Å². The van der Waals surface area contributed by atoms with Gasteiger partial charge < -0.3 is 10.6 Å². The lowest BCUT2D eigenvalue weighted by Gasteiger charge is -2.15. The third kappa shape index (κ3) is 5.51. The smallest absolute Gasteiger partial charge is 0.252 e. The molecule has 0 radical (unpaired) electrons. The van der Waals surface area contributed by atoms with E-state index >= 15 is 0 Å². The van der Waals surface area contributed by atoms with Gasteiger partial charge in [-0.05, 0) is 31.0 Å². The van der Waals surface area contributed by atoms with Gasteiger partial charge in [-0.1, -0.05) is 41.4 Å². The van der Waals surface area contributed by atoms with Crippen molar-refractivity contribution in [3.05, 3.63) is 33.3 Å². The minimum atomic E-state index is -0.598. The largest absolute Gasteiger partial charge is 0.354 e. The Morgan fingerprint density at radius 1 is 1.25 bits per heavy atom. The maximum Gasteiger partial charge on any atom is 0.252 e. The highest BCUT2D eigenvalue weighted by molar-refractivity contribution is 9.10. The van der Waals surface area contributed by atoms with Crippen molar-refractivity contribution in [2.75, 3.05) is 6.54 Å². The van der Waals surface area contributed by atoms with Crippen LogP contribution in [0, 0.1) is 5.92 Å². The van der Waals surface area contributed by atoms with Crippen LogP contribution in [0.3, 0.4) is 0 Å². The summed E-state index contributed by atoms with van der Waals surface area (Å²) in [7, 11) is 0. The molecule has 1 unspecified atom stereocenters. The summed E-state index contributed by atoms with van der Waals surface area (Å²) in [4.78, 5) is 23.8. The second-order valence-corrected chi connectivity index (χ2v) is 6.34. The number of carbonyl (C=O) groups is 2. The lowest BCUT2D eigenvalue weighted by atomic mass is 10.2. The predicted molar refractivity (Wildman–Crippen MR) is 83.9 cm³/mol. The van der Waals surface area contributed by atoms with Crippen LogP contribution in [0.5, 0.6) is 0 Å². The lowest BCUT2D eigenvalue weighted by Crippen LogP contribution is -2.45. The van der Waals surface area contributed by atoms with Gasteiger partial charge in [-0.2, -0.15) is 0 Å². The Hall–Kier alpha value is -1.07. The Balaban J connectivity index is 2.63. The van der Waals surface area contributed by atoms with Crippen molar-refractivity contribution in [1.82, 2.24) is 10.6 Å². The van der Waals surface area contributed by atoms with Crippen molar-refractivity contribution in [3.63, 3.8) is 0 Å². The fraction of sp³-hybridized carbons (Fsp3) is 0.429. The van der Waals surface area contributed by atoms with Gasteiger partial charge in [0, 0.05) is 21.6 Å². The van der Waals surface area contributed by atoms with Crippen LogP contribution >= 0.6 is 27.5 Å². The summed E-state index contributed by atoms with van der Waals surface area (Å²) < 4.78 is 0.715. The molecule has 0 fully saturated rings. The monoisotopic (exact) mass is 360 g/mol. The molecule has 20 heavy (non-hydrogen) atoms. The molecule has 110 valence electrons. The van der Waals surface area contributed by atoms with Crippen LogP contribution in [0.4, 0.5) is 0 Å². The minimum Gasteiger partial charge on any atom is -0.354 e. The van der Waals surface area contributed by atoms with Crippen LogP contribution in [-0.2, 0) is 4.79 Å². The van der Waals surface area contributed by atoms with E-state index in [9.17, 15) is 9.59 Å². The molecule has 0 spiro atoms. The number of hydrogen-bond donors (Lipinski definition) is 2. The first-order valence-electron chi connectivity index (χ1n) is 6.34. The number of amides is 2. The first-order chi connectivity index (χ1) is 9.29. The van der Waals surface area contributed by atoms with Crippen LogP contribution in [-0.4, -0.2) is 24.4 Å². The molecule has 0 saturated carbocycles. The molecule has 2 N–H and O–H groups in total. The molecule has 0 heterocycles. The molecule has 6 heteroatoms. The number of halogens is 2. The summed E-state index contributed by atoms with van der Waals surface area (Å²) in [5.41, 5.74) is 0.410. The molecule has 1 atom stereocenters. The van der Waals surface area contributed by atoms with Crippen molar-refractivity contribution in [3.8, 4) is 0 Å². The Bertz CT molecular complexity index is 486. The normalized spacial score (nSPS) is 12.1. The van der Waals surface area contributed by atoms with Gasteiger partial charge in [0.1, 0.15) is 6.04 Å². The second-order valence-electron chi connectivity index (χ2n) is 4.99. The Labute approximate surface area is 132 Å². The van der Waals surface area contributed by atoms with E-state index in [4.69, 9.17) is 11.6 Å². The van der Waals surface area contributed by atoms with Crippen LogP contribution in [0.15, 0.2) is 22.7 Å². The van der Waals surface area contributed by atoms with E-state index in [-0.39, 0.29) is 11.8 Å². The van der Waals surface area contributed by atoms with Gasteiger partial charge in [-0.25, -0.2) is 0 Å². The molecule has 0 aliphatic carbocycles. The van der Waals surface area contributed by atoms with Crippen molar-refractivity contribution in [1.29, 1.82) is 0 Å². The summed E-state index contributed by atoms with van der Waals surface area (Å²) in [5, 5.41) is 5.88. The molecule has 0 aromatic heterocycles. The lowest BCUT2D eigenvalue weighted by molar-refractivity contribution is -0.122. The average Bonchev–Trinajstić information content (AvgIpc) is 2.34. The summed E-state index contributed by atoms with van der Waals surface area (Å²) in [6, 6.07) is 4.30. The summed E-state index contributed by atoms with van der Waals surface area (Å²) in [6.45, 7) is 6.24. The SMILES string of the molecule is CC(C)CNC(=O)C(C)NC(=O)c1cc(Cl)cc(Br)c1. The van der Waals surface area contributed by atoms with Crippen molar-refractivity contribution < 1.29 is 9.59 Å². The van der Waals surface area contributed by atoms with Gasteiger partial charge in [-0.15, -0.1) is 0 Å². The molecular formula is C14H18BrClN2O2. The molecule has 0 aliphatic heterocycles. The fourth-order valence-electron chi connectivity index (χ4n) is 1.49. The van der Waals surface area contributed by atoms with Gasteiger partial charge >= 0.3 is 0 Å². The average molecular weight is 362 g/mol. The van der Waals surface area contributed by atoms with Crippen molar-refractivity contribution >= 4 is 39.3 Å². The van der Waals surface area contributed by atoms with Gasteiger partial charge in [0.15, 0.2) is 0 Å². The predicted octanol–water partition coefficient (Wildman–Crippen LogP) is 2.99. The van der Waals surface area contributed by atoms with E-state index in [1.807, 2.05) is 13.8 Å². The Morgan fingerprint density at radius 3 is 2.45 bits per heavy atom. The standard InChI is InChI=1S/C14H18BrClN2O2/c1-8(2)7-17-13(19)9(3)18-14(20)10-4-11(15)6-12(16)5-10/h4-6,8-9H,7H2,1-3H3,(H,17,19)(H,18,20). The summed E-state index contributed by atoms with van der Waals surface area (Å²) in [5.74, 6) is -0.167. The quantitative estimate of drug-likeness (QED) is 0.847. The highest BCUT2D eigenvalue weighted by Crippen LogP contribution is 2.19. The third-order valence-corrected chi connectivity index (χ3v) is 3.23. The maximum absolute atomic E-state index is 12.0. The van der Waals surface area contributed by atoms with Gasteiger partial charge in [0.05, 0.1) is 0 Å². The van der Waals surface area contributed by atoms with Crippen LogP contribution < -0.4 is 10.6 Å². The number of rotatable bonds is 5. The molecular weight excluding hydrogens is 344 g/mol. The Morgan fingerprint density at radius 2 is 1.90 bits per heavy atom. The molecule has 1 rings (SSSR count). The molecule has 0 bridgehead atoms. The van der Waals surface area contributed by atoms with E-state index in [0.29, 0.717) is 27.5 Å². The van der Waals surface area contributed by atoms with Crippen molar-refractivity contribution in [2.45, 2.75) is 26.8 Å². The highest BCUT2D eigenvalue weighted by Gasteiger charge is 2.17. The maximum atomic E-state index is 12.0. The number of nitrogens with one attached hydrogen (secondary N) is 2.